The Balaban J connectivity index is 1.65. The first kappa shape index (κ1) is 16.1. The summed E-state index contributed by atoms with van der Waals surface area (Å²) >= 11 is 6.05. The summed E-state index contributed by atoms with van der Waals surface area (Å²) in [4.78, 5) is 29.6. The number of anilines is 1. The Kier molecular flexibility index (Phi) is 3.40. The Bertz CT molecular complexity index is 1060. The van der Waals surface area contributed by atoms with E-state index in [1.807, 2.05) is 41.4 Å². The number of imide groups is 1. The molecule has 3 heterocycles. The third kappa shape index (κ3) is 2.11. The standard InChI is InChI=1S/C21H14ClN3O2/c22-13-5-3-6-14(10-13)25-20(26)17-16(11-23)24-9-8-12-4-1-2-7-15(12)19(24)18(17)21(25)27/h1-10,16-19H/t16-,17+,18+,19-/m1/s1. The van der Waals surface area contributed by atoms with Crippen molar-refractivity contribution in [2.24, 2.45) is 11.8 Å². The maximum atomic E-state index is 13.3. The monoisotopic (exact) mass is 375 g/mol. The number of rotatable bonds is 1. The van der Waals surface area contributed by atoms with Crippen LogP contribution in [0.5, 0.6) is 0 Å². The highest BCUT2D eigenvalue weighted by Crippen LogP contribution is 2.52. The van der Waals surface area contributed by atoms with Gasteiger partial charge in [0.05, 0.1) is 29.6 Å². The van der Waals surface area contributed by atoms with E-state index in [0.717, 1.165) is 11.1 Å². The maximum Gasteiger partial charge on any atom is 0.240 e. The van der Waals surface area contributed by atoms with Crippen LogP contribution in [0.25, 0.3) is 6.08 Å². The maximum absolute atomic E-state index is 13.3. The second-order valence-corrected chi connectivity index (χ2v) is 7.39. The predicted molar refractivity (Wildman–Crippen MR) is 100 cm³/mol. The summed E-state index contributed by atoms with van der Waals surface area (Å²) < 4.78 is 0. The first-order valence-corrected chi connectivity index (χ1v) is 9.07. The molecule has 0 saturated carbocycles. The molecule has 132 valence electrons. The van der Waals surface area contributed by atoms with E-state index in [0.29, 0.717) is 10.7 Å². The van der Waals surface area contributed by atoms with E-state index < -0.39 is 17.9 Å². The van der Waals surface area contributed by atoms with Crippen LogP contribution in [0, 0.1) is 23.2 Å². The van der Waals surface area contributed by atoms with Gasteiger partial charge < -0.3 is 4.90 Å². The van der Waals surface area contributed by atoms with E-state index in [4.69, 9.17) is 11.6 Å². The first-order valence-electron chi connectivity index (χ1n) is 8.69. The molecular weight excluding hydrogens is 362 g/mol. The number of amides is 2. The van der Waals surface area contributed by atoms with E-state index >= 15 is 0 Å². The van der Waals surface area contributed by atoms with Crippen molar-refractivity contribution in [3.8, 4) is 6.07 Å². The summed E-state index contributed by atoms with van der Waals surface area (Å²) in [6.07, 6.45) is 3.77. The second kappa shape index (κ2) is 5.70. The van der Waals surface area contributed by atoms with Gasteiger partial charge in [-0.15, -0.1) is 0 Å². The third-order valence-electron chi connectivity index (χ3n) is 5.66. The molecule has 27 heavy (non-hydrogen) atoms. The van der Waals surface area contributed by atoms with Crippen molar-refractivity contribution in [1.29, 1.82) is 5.26 Å². The first-order chi connectivity index (χ1) is 13.1. The average molecular weight is 376 g/mol. The van der Waals surface area contributed by atoms with Crippen LogP contribution in [0.2, 0.25) is 5.02 Å². The molecule has 2 aromatic carbocycles. The highest BCUT2D eigenvalue weighted by atomic mass is 35.5. The minimum Gasteiger partial charge on any atom is -0.353 e. The van der Waals surface area contributed by atoms with Crippen LogP contribution in [0.1, 0.15) is 17.2 Å². The van der Waals surface area contributed by atoms with Gasteiger partial charge in [0.2, 0.25) is 11.8 Å². The van der Waals surface area contributed by atoms with Gasteiger partial charge >= 0.3 is 0 Å². The summed E-state index contributed by atoms with van der Waals surface area (Å²) in [7, 11) is 0. The van der Waals surface area contributed by atoms with Crippen LogP contribution in [0.3, 0.4) is 0 Å². The largest absolute Gasteiger partial charge is 0.353 e. The Hall–Kier alpha value is -3.10. The van der Waals surface area contributed by atoms with Gasteiger partial charge in [0, 0.05) is 11.2 Å². The predicted octanol–water partition coefficient (Wildman–Crippen LogP) is 3.38. The number of fused-ring (bicyclic) bond motifs is 5. The molecule has 5 rings (SSSR count). The lowest BCUT2D eigenvalue weighted by molar-refractivity contribution is -0.123. The summed E-state index contributed by atoms with van der Waals surface area (Å²) in [5.74, 6) is -1.89. The molecule has 3 aliphatic heterocycles. The summed E-state index contributed by atoms with van der Waals surface area (Å²) in [5, 5.41) is 10.2. The molecule has 2 amide bonds. The molecule has 0 spiro atoms. The number of carbonyl (C=O) groups is 2. The lowest BCUT2D eigenvalue weighted by Gasteiger charge is -2.33. The third-order valence-corrected chi connectivity index (χ3v) is 5.90. The molecule has 0 aliphatic carbocycles. The number of hydrogen-bond acceptors (Lipinski definition) is 4. The molecule has 3 aliphatic rings. The van der Waals surface area contributed by atoms with Gasteiger partial charge in [-0.2, -0.15) is 5.26 Å². The van der Waals surface area contributed by atoms with Gasteiger partial charge in [0.1, 0.15) is 6.04 Å². The van der Waals surface area contributed by atoms with Gasteiger partial charge in [0.25, 0.3) is 0 Å². The quantitative estimate of drug-likeness (QED) is 0.717. The van der Waals surface area contributed by atoms with Crippen LogP contribution in [-0.2, 0) is 9.59 Å². The van der Waals surface area contributed by atoms with E-state index in [9.17, 15) is 14.9 Å². The van der Waals surface area contributed by atoms with E-state index in [1.54, 1.807) is 24.3 Å². The zero-order valence-electron chi connectivity index (χ0n) is 14.1. The molecule has 0 N–H and O–H groups in total. The van der Waals surface area contributed by atoms with Gasteiger partial charge in [-0.05, 0) is 35.4 Å². The molecule has 4 atom stereocenters. The molecule has 6 heteroatoms. The molecule has 5 nitrogen and oxygen atoms in total. The van der Waals surface area contributed by atoms with Crippen molar-refractivity contribution in [1.82, 2.24) is 4.90 Å². The lowest BCUT2D eigenvalue weighted by atomic mass is 9.85. The fourth-order valence-corrected chi connectivity index (χ4v) is 4.76. The number of nitrogens with zero attached hydrogens (tertiary/aromatic N) is 3. The molecule has 0 aromatic heterocycles. The Labute approximate surface area is 161 Å². The minimum absolute atomic E-state index is 0.273. The van der Waals surface area contributed by atoms with Crippen LogP contribution in [0.15, 0.2) is 54.7 Å². The highest BCUT2D eigenvalue weighted by molar-refractivity contribution is 6.31. The van der Waals surface area contributed by atoms with Gasteiger partial charge in [-0.1, -0.05) is 41.9 Å². The molecule has 2 aromatic rings. The number of hydrogen-bond donors (Lipinski definition) is 0. The zero-order valence-corrected chi connectivity index (χ0v) is 14.9. The number of nitriles is 1. The number of carbonyl (C=O) groups excluding carboxylic acids is 2. The smallest absolute Gasteiger partial charge is 0.240 e. The van der Waals surface area contributed by atoms with Crippen molar-refractivity contribution in [3.63, 3.8) is 0 Å². The van der Waals surface area contributed by atoms with Crippen LogP contribution in [0.4, 0.5) is 5.69 Å². The van der Waals surface area contributed by atoms with Crippen LogP contribution < -0.4 is 4.90 Å². The molecule has 0 bridgehead atoms. The zero-order chi connectivity index (χ0) is 18.7. The Morgan fingerprint density at radius 2 is 1.78 bits per heavy atom. The topological polar surface area (TPSA) is 64.4 Å². The van der Waals surface area contributed by atoms with Crippen molar-refractivity contribution < 1.29 is 9.59 Å². The van der Waals surface area contributed by atoms with E-state index in [2.05, 4.69) is 6.07 Å². The van der Waals surface area contributed by atoms with Crippen molar-refractivity contribution in [3.05, 3.63) is 70.9 Å². The number of halogens is 1. The fourth-order valence-electron chi connectivity index (χ4n) is 4.58. The Morgan fingerprint density at radius 3 is 2.56 bits per heavy atom. The van der Waals surface area contributed by atoms with E-state index in [1.165, 1.54) is 4.90 Å². The molecule has 0 unspecified atom stereocenters. The van der Waals surface area contributed by atoms with Gasteiger partial charge in [0.15, 0.2) is 0 Å². The molecule has 0 radical (unpaired) electrons. The Morgan fingerprint density at radius 1 is 1.00 bits per heavy atom. The average Bonchev–Trinajstić information content (AvgIpc) is 3.14. The van der Waals surface area contributed by atoms with Crippen molar-refractivity contribution >= 4 is 35.2 Å². The summed E-state index contributed by atoms with van der Waals surface area (Å²) in [6.45, 7) is 0. The summed E-state index contributed by atoms with van der Waals surface area (Å²) in [5.41, 5.74) is 2.44. The van der Waals surface area contributed by atoms with Crippen LogP contribution in [-0.4, -0.2) is 22.8 Å². The fraction of sp³-hybridized carbons (Fsp3) is 0.190. The van der Waals surface area contributed by atoms with Crippen molar-refractivity contribution in [2.45, 2.75) is 12.1 Å². The highest BCUT2D eigenvalue weighted by Gasteiger charge is 2.63. The number of benzene rings is 2. The minimum atomic E-state index is -0.692. The van der Waals surface area contributed by atoms with Crippen LogP contribution >= 0.6 is 11.6 Å². The molecule has 2 saturated heterocycles. The van der Waals surface area contributed by atoms with Gasteiger partial charge in [-0.25, -0.2) is 4.90 Å². The molecule has 2 fully saturated rings. The van der Waals surface area contributed by atoms with Gasteiger partial charge in [-0.3, -0.25) is 9.59 Å². The normalized spacial score (nSPS) is 28.0. The lowest BCUT2D eigenvalue weighted by Crippen LogP contribution is -2.40. The SMILES string of the molecule is N#C[C@@H]1[C@@H]2C(=O)N(c3cccc(Cl)c3)C(=O)[C@@H]2[C@H]2c3ccccc3C=CN12. The van der Waals surface area contributed by atoms with Crippen molar-refractivity contribution in [2.75, 3.05) is 4.90 Å². The van der Waals surface area contributed by atoms with E-state index in [-0.39, 0.29) is 17.9 Å². The second-order valence-electron chi connectivity index (χ2n) is 6.95. The summed E-state index contributed by atoms with van der Waals surface area (Å²) in [6, 6.07) is 15.8. The molecular formula is C21H14ClN3O2.